The first-order valence-corrected chi connectivity index (χ1v) is 11.7. The maximum Gasteiger partial charge on any atom is 0.289 e. The van der Waals surface area contributed by atoms with Crippen LogP contribution in [0.5, 0.6) is 0 Å². The number of benzene rings is 2. The first-order chi connectivity index (χ1) is 15.8. The zero-order valence-electron chi connectivity index (χ0n) is 20.6. The third-order valence-electron chi connectivity index (χ3n) is 5.75. The quantitative estimate of drug-likeness (QED) is 0.405. The Kier molecular flexibility index (Phi) is 8.87. The van der Waals surface area contributed by atoms with Gasteiger partial charge >= 0.3 is 0 Å². The molecule has 5 heteroatoms. The Morgan fingerprint density at radius 1 is 0.848 bits per heavy atom. The first kappa shape index (κ1) is 24.7. The maximum atomic E-state index is 13.3. The summed E-state index contributed by atoms with van der Waals surface area (Å²) in [5, 5.41) is 0. The van der Waals surface area contributed by atoms with Crippen LogP contribution in [0.25, 0.3) is 0 Å². The van der Waals surface area contributed by atoms with Gasteiger partial charge in [-0.3, -0.25) is 9.69 Å². The van der Waals surface area contributed by atoms with Gasteiger partial charge in [-0.05, 0) is 58.1 Å². The molecular weight excluding hydrogens is 410 g/mol. The van der Waals surface area contributed by atoms with Crippen LogP contribution in [0.15, 0.2) is 71.1 Å². The lowest BCUT2D eigenvalue weighted by atomic mass is 10.1. The summed E-state index contributed by atoms with van der Waals surface area (Å²) in [4.78, 5) is 19.6. The number of hydrogen-bond acceptors (Lipinski definition) is 4. The van der Waals surface area contributed by atoms with Crippen molar-refractivity contribution in [3.05, 3.63) is 94.9 Å². The molecule has 0 N–H and O–H groups in total. The number of carbonyl (C=O) groups excluding carboxylic acids is 1. The molecule has 0 aliphatic heterocycles. The van der Waals surface area contributed by atoms with Crippen molar-refractivity contribution in [2.24, 2.45) is 0 Å². The molecule has 0 spiro atoms. The molecule has 1 heterocycles. The fourth-order valence-corrected chi connectivity index (χ4v) is 3.78. The van der Waals surface area contributed by atoms with Crippen LogP contribution in [0.3, 0.4) is 0 Å². The summed E-state index contributed by atoms with van der Waals surface area (Å²) in [5.41, 5.74) is 3.66. The van der Waals surface area contributed by atoms with Crippen molar-refractivity contribution in [2.75, 3.05) is 27.2 Å². The van der Waals surface area contributed by atoms with Gasteiger partial charge in [0, 0.05) is 32.2 Å². The molecule has 0 radical (unpaired) electrons. The summed E-state index contributed by atoms with van der Waals surface area (Å²) in [6.45, 7) is 10.00. The van der Waals surface area contributed by atoms with E-state index >= 15 is 0 Å². The van der Waals surface area contributed by atoms with Gasteiger partial charge in [0.05, 0.1) is 6.54 Å². The van der Waals surface area contributed by atoms with Gasteiger partial charge in [-0.2, -0.15) is 0 Å². The van der Waals surface area contributed by atoms with Gasteiger partial charge in [-0.15, -0.1) is 0 Å². The van der Waals surface area contributed by atoms with Gasteiger partial charge in [-0.25, -0.2) is 0 Å². The summed E-state index contributed by atoms with van der Waals surface area (Å²) in [6, 6.07) is 22.8. The number of nitrogens with zero attached hydrogens (tertiary/aromatic N) is 3. The second-order valence-electron chi connectivity index (χ2n) is 9.27. The molecule has 1 amide bonds. The number of amides is 1. The molecule has 0 aliphatic rings. The van der Waals surface area contributed by atoms with Gasteiger partial charge in [0.1, 0.15) is 5.76 Å². The molecule has 5 nitrogen and oxygen atoms in total. The molecule has 3 rings (SSSR count). The van der Waals surface area contributed by atoms with Crippen LogP contribution in [0.4, 0.5) is 0 Å². The van der Waals surface area contributed by atoms with E-state index in [-0.39, 0.29) is 5.91 Å². The van der Waals surface area contributed by atoms with E-state index in [1.54, 1.807) is 0 Å². The molecule has 33 heavy (non-hydrogen) atoms. The average Bonchev–Trinajstić information content (AvgIpc) is 3.25. The molecule has 0 saturated heterocycles. The highest BCUT2D eigenvalue weighted by molar-refractivity contribution is 5.91. The van der Waals surface area contributed by atoms with Crippen molar-refractivity contribution in [3.8, 4) is 0 Å². The number of furan rings is 1. The van der Waals surface area contributed by atoms with Crippen LogP contribution in [-0.2, 0) is 19.6 Å². The summed E-state index contributed by atoms with van der Waals surface area (Å²) >= 11 is 0. The number of likely N-dealkylation sites (N-methyl/N-ethyl adjacent to an activating group) is 1. The van der Waals surface area contributed by atoms with E-state index in [0.717, 1.165) is 24.4 Å². The summed E-state index contributed by atoms with van der Waals surface area (Å²) in [6.07, 6.45) is 0. The van der Waals surface area contributed by atoms with E-state index in [9.17, 15) is 4.79 Å². The van der Waals surface area contributed by atoms with Crippen LogP contribution >= 0.6 is 0 Å². The minimum Gasteiger partial charge on any atom is -0.455 e. The number of aryl methyl sites for hydroxylation is 1. The standard InChI is InChI=1S/C28H37N3O2/c1-22(2)31(20-25-13-9-10-23(3)18-25)21-26-14-15-27(33-26)28(32)30(17-16-29(4)5)19-24-11-7-6-8-12-24/h6-15,18,22H,16-17,19-21H2,1-5H3. The van der Waals surface area contributed by atoms with Crippen molar-refractivity contribution >= 4 is 5.91 Å². The second-order valence-corrected chi connectivity index (χ2v) is 9.27. The zero-order chi connectivity index (χ0) is 23.8. The predicted octanol–water partition coefficient (Wildman–Crippen LogP) is 5.20. The Morgan fingerprint density at radius 2 is 1.58 bits per heavy atom. The van der Waals surface area contributed by atoms with E-state index in [2.05, 4.69) is 67.0 Å². The largest absolute Gasteiger partial charge is 0.455 e. The number of hydrogen-bond donors (Lipinski definition) is 0. The fourth-order valence-electron chi connectivity index (χ4n) is 3.78. The van der Waals surface area contributed by atoms with Crippen LogP contribution in [0.2, 0.25) is 0 Å². The lowest BCUT2D eigenvalue weighted by molar-refractivity contribution is 0.0694. The second kappa shape index (κ2) is 11.8. The lowest BCUT2D eigenvalue weighted by Gasteiger charge is -2.26. The minimum atomic E-state index is -0.0678. The first-order valence-electron chi connectivity index (χ1n) is 11.7. The molecule has 3 aromatic rings. The van der Waals surface area contributed by atoms with E-state index < -0.39 is 0 Å². The Morgan fingerprint density at radius 3 is 2.24 bits per heavy atom. The molecule has 0 aliphatic carbocycles. The molecule has 0 unspecified atom stereocenters. The van der Waals surface area contributed by atoms with Crippen LogP contribution in [-0.4, -0.2) is 53.8 Å². The molecule has 0 bridgehead atoms. The Hall–Kier alpha value is -2.89. The van der Waals surface area contributed by atoms with Gasteiger partial charge in [0.2, 0.25) is 0 Å². The molecule has 176 valence electrons. The number of carbonyl (C=O) groups is 1. The Balaban J connectivity index is 1.71. The average molecular weight is 448 g/mol. The molecule has 2 aromatic carbocycles. The van der Waals surface area contributed by atoms with E-state index in [4.69, 9.17) is 4.42 Å². The number of rotatable bonds is 11. The zero-order valence-corrected chi connectivity index (χ0v) is 20.6. The molecule has 0 fully saturated rings. The molecule has 0 atom stereocenters. The third-order valence-corrected chi connectivity index (χ3v) is 5.75. The van der Waals surface area contributed by atoms with E-state index in [1.807, 2.05) is 49.3 Å². The molecule has 1 aromatic heterocycles. The Labute approximate surface area is 198 Å². The third kappa shape index (κ3) is 7.58. The molecular formula is C28H37N3O2. The summed E-state index contributed by atoms with van der Waals surface area (Å²) in [7, 11) is 4.04. The smallest absolute Gasteiger partial charge is 0.289 e. The van der Waals surface area contributed by atoms with Crippen molar-refractivity contribution in [3.63, 3.8) is 0 Å². The van der Waals surface area contributed by atoms with Crippen molar-refractivity contribution in [2.45, 2.75) is 46.4 Å². The maximum absolute atomic E-state index is 13.3. The van der Waals surface area contributed by atoms with Gasteiger partial charge in [-0.1, -0.05) is 60.2 Å². The van der Waals surface area contributed by atoms with E-state index in [1.165, 1.54) is 11.1 Å². The highest BCUT2D eigenvalue weighted by Gasteiger charge is 2.21. The van der Waals surface area contributed by atoms with Crippen molar-refractivity contribution in [1.82, 2.24) is 14.7 Å². The van der Waals surface area contributed by atoms with Crippen LogP contribution in [0, 0.1) is 6.92 Å². The van der Waals surface area contributed by atoms with E-state index in [0.29, 0.717) is 31.4 Å². The fraction of sp³-hybridized carbons (Fsp3) is 0.393. The van der Waals surface area contributed by atoms with Crippen LogP contribution in [0.1, 0.15) is 46.9 Å². The monoisotopic (exact) mass is 447 g/mol. The minimum absolute atomic E-state index is 0.0678. The highest BCUT2D eigenvalue weighted by atomic mass is 16.4. The predicted molar refractivity (Wildman–Crippen MR) is 134 cm³/mol. The van der Waals surface area contributed by atoms with Crippen molar-refractivity contribution < 1.29 is 9.21 Å². The highest BCUT2D eigenvalue weighted by Crippen LogP contribution is 2.18. The Bertz CT molecular complexity index is 1010. The normalized spacial score (nSPS) is 11.5. The molecule has 0 saturated carbocycles. The lowest BCUT2D eigenvalue weighted by Crippen LogP contribution is -2.36. The van der Waals surface area contributed by atoms with Crippen LogP contribution < -0.4 is 0 Å². The van der Waals surface area contributed by atoms with Gasteiger partial charge in [0.25, 0.3) is 5.91 Å². The topological polar surface area (TPSA) is 39.9 Å². The van der Waals surface area contributed by atoms with Crippen molar-refractivity contribution in [1.29, 1.82) is 0 Å². The van der Waals surface area contributed by atoms with Gasteiger partial charge in [0.15, 0.2) is 5.76 Å². The van der Waals surface area contributed by atoms with Gasteiger partial charge < -0.3 is 14.2 Å². The summed E-state index contributed by atoms with van der Waals surface area (Å²) < 4.78 is 6.07. The SMILES string of the molecule is Cc1cccc(CN(Cc2ccc(C(=O)N(CCN(C)C)Cc3ccccc3)o2)C(C)C)c1. The summed E-state index contributed by atoms with van der Waals surface area (Å²) in [5.74, 6) is 1.15.